The molecule has 0 spiro atoms. The van der Waals surface area contributed by atoms with Crippen molar-refractivity contribution in [2.24, 2.45) is 5.11 Å². The van der Waals surface area contributed by atoms with Gasteiger partial charge in [0.1, 0.15) is 68.1 Å². The van der Waals surface area contributed by atoms with Crippen molar-refractivity contribution >= 4 is 35.8 Å². The average molecular weight is 1290 g/mol. The molecule has 5 aromatic carbocycles. The Balaban J connectivity index is 1.28. The summed E-state index contributed by atoms with van der Waals surface area (Å²) in [5.41, 5.74) is 13.3. The Kier molecular flexibility index (Phi) is 28.1. The Morgan fingerprint density at radius 3 is 1.35 bits per heavy atom. The minimum Gasteiger partial charge on any atom is -0.469 e. The molecule has 5 aromatic rings. The highest BCUT2D eigenvalue weighted by Crippen LogP contribution is 2.39. The third kappa shape index (κ3) is 21.7. The Hall–Kier alpha value is -8.17. The average Bonchev–Trinajstić information content (AvgIpc) is 0.787. The van der Waals surface area contributed by atoms with E-state index in [2.05, 4.69) is 10.0 Å². The molecule has 0 N–H and O–H groups in total. The Morgan fingerprint density at radius 1 is 0.441 bits per heavy atom. The van der Waals surface area contributed by atoms with Gasteiger partial charge >= 0.3 is 35.8 Å². The summed E-state index contributed by atoms with van der Waals surface area (Å²) in [7, 11) is 1.30. The number of benzene rings is 5. The van der Waals surface area contributed by atoms with Crippen LogP contribution >= 0.6 is 0 Å². The van der Waals surface area contributed by atoms with Gasteiger partial charge < -0.3 is 75.8 Å². The van der Waals surface area contributed by atoms with Crippen molar-refractivity contribution in [2.75, 3.05) is 33.5 Å². The van der Waals surface area contributed by atoms with Crippen molar-refractivity contribution in [2.45, 2.75) is 172 Å². The highest BCUT2D eigenvalue weighted by atomic mass is 16.8. The molecule has 0 bridgehead atoms. The van der Waals surface area contributed by atoms with Gasteiger partial charge in [0, 0.05) is 45.6 Å². The monoisotopic (exact) mass is 1290 g/mol. The van der Waals surface area contributed by atoms with Crippen LogP contribution in [0.15, 0.2) is 157 Å². The maximum absolute atomic E-state index is 14.9. The molecule has 8 rings (SSSR count). The molecule has 3 saturated heterocycles. The predicted molar refractivity (Wildman–Crippen MR) is 326 cm³/mol. The normalized spacial score (nSPS) is 25.9. The van der Waals surface area contributed by atoms with Crippen LogP contribution < -0.4 is 0 Å². The van der Waals surface area contributed by atoms with Crippen molar-refractivity contribution in [1.82, 2.24) is 0 Å². The van der Waals surface area contributed by atoms with E-state index in [4.69, 9.17) is 75.8 Å². The zero-order chi connectivity index (χ0) is 65.9. The predicted octanol–water partition coefficient (Wildman–Crippen LogP) is 8.55. The second-order valence-electron chi connectivity index (χ2n) is 22.1. The highest BCUT2D eigenvalue weighted by Gasteiger charge is 2.58. The number of hydrogen-bond donors (Lipinski definition) is 0. The number of rotatable bonds is 33. The highest BCUT2D eigenvalue weighted by molar-refractivity contribution is 5.89. The Bertz CT molecular complexity index is 3170. The van der Waals surface area contributed by atoms with E-state index in [0.29, 0.717) is 24.8 Å². The van der Waals surface area contributed by atoms with Crippen LogP contribution in [0.1, 0.15) is 86.0 Å². The molecule has 0 amide bonds. The second kappa shape index (κ2) is 36.9. The van der Waals surface area contributed by atoms with E-state index in [1.165, 1.54) is 40.0 Å². The van der Waals surface area contributed by atoms with Gasteiger partial charge in [-0.3, -0.25) is 24.0 Å². The Morgan fingerprint density at radius 2 is 0.871 bits per heavy atom. The van der Waals surface area contributed by atoms with Gasteiger partial charge in [-0.25, -0.2) is 4.79 Å². The van der Waals surface area contributed by atoms with E-state index in [1.54, 1.807) is 18.2 Å². The molecule has 0 aromatic heterocycles. The maximum atomic E-state index is 14.9. The van der Waals surface area contributed by atoms with Crippen molar-refractivity contribution in [3.63, 3.8) is 0 Å². The van der Waals surface area contributed by atoms with Gasteiger partial charge in [0.15, 0.2) is 37.2 Å². The van der Waals surface area contributed by atoms with Crippen LogP contribution in [-0.4, -0.2) is 161 Å². The lowest BCUT2D eigenvalue weighted by Gasteiger charge is -2.51. The number of carbonyl (C=O) groups excluding carboxylic acids is 6. The largest absolute Gasteiger partial charge is 0.469 e. The van der Waals surface area contributed by atoms with Crippen LogP contribution in [0.5, 0.6) is 0 Å². The molecular weight excluding hydrogens is 1210 g/mol. The van der Waals surface area contributed by atoms with Gasteiger partial charge in [-0.1, -0.05) is 151 Å². The van der Waals surface area contributed by atoms with Crippen molar-refractivity contribution in [3.05, 3.63) is 190 Å². The fourth-order valence-corrected chi connectivity index (χ4v) is 10.8. The van der Waals surface area contributed by atoms with Gasteiger partial charge in [-0.15, -0.1) is 0 Å². The van der Waals surface area contributed by atoms with E-state index in [0.717, 1.165) is 23.6 Å². The zero-order valence-corrected chi connectivity index (χ0v) is 52.4. The maximum Gasteiger partial charge on any atom is 0.338 e. The topological polar surface area (TPSA) is 299 Å². The first-order valence-corrected chi connectivity index (χ1v) is 30.6. The lowest BCUT2D eigenvalue weighted by atomic mass is 9.94. The van der Waals surface area contributed by atoms with Crippen molar-refractivity contribution in [3.8, 4) is 0 Å². The molecule has 0 unspecified atom stereocenters. The number of azide groups is 1. The number of hydrogen-bond acceptors (Lipinski definition) is 23. The van der Waals surface area contributed by atoms with E-state index in [1.807, 2.05) is 121 Å². The molecule has 3 fully saturated rings. The van der Waals surface area contributed by atoms with Crippen LogP contribution in [0.25, 0.3) is 10.4 Å². The molecule has 93 heavy (non-hydrogen) atoms. The first kappa shape index (κ1) is 70.7. The first-order valence-electron chi connectivity index (χ1n) is 30.6. The summed E-state index contributed by atoms with van der Waals surface area (Å²) in [5.74, 6) is -4.22. The second-order valence-corrected chi connectivity index (χ2v) is 22.1. The summed E-state index contributed by atoms with van der Waals surface area (Å²) < 4.78 is 103. The number of nitrogens with zero attached hydrogens (tertiary/aromatic N) is 3. The van der Waals surface area contributed by atoms with Crippen LogP contribution in [-0.2, 0) is 126 Å². The van der Waals surface area contributed by atoms with Gasteiger partial charge in [0.25, 0.3) is 0 Å². The number of carbonyl (C=O) groups is 6. The third-order valence-corrected chi connectivity index (χ3v) is 15.1. The van der Waals surface area contributed by atoms with Crippen LogP contribution in [0, 0.1) is 0 Å². The number of ether oxygens (including phenoxy) is 16. The van der Waals surface area contributed by atoms with Crippen LogP contribution in [0.4, 0.5) is 0 Å². The standard InChI is InChI=1S/C68H79N3O22/c1-43(72)81-41-53-57(86-45(3)74)60(56(70-71-69)66(88-53)80-35-23-11-22-34-55(76)78-5)93-68-64(91-65(77)51-32-20-10-21-33-51)62(84-38-49-28-16-8-17-29-49)59(52(89-68)40-79-36-47-24-12-6-13-25-47)92-67-63(85-39-50-30-18-9-19-31-50)61(83-37-48-26-14-7-15-27-48)58(87-46(4)75)54(90-67)42-82-44(2)73/h6-10,12-21,24-33,52-54,56-64,66-68H,11,22-23,34-42H2,1-5H3/t52-,53-,54-,56-,57+,58+,59+,60-,61+,62+,63-,64-,66+,67-,68+/m1/s1. The van der Waals surface area contributed by atoms with E-state index in [-0.39, 0.29) is 57.6 Å². The lowest BCUT2D eigenvalue weighted by molar-refractivity contribution is -0.381. The van der Waals surface area contributed by atoms with Crippen LogP contribution in [0.3, 0.4) is 0 Å². The quantitative estimate of drug-likeness (QED) is 0.00948. The molecule has 498 valence electrons. The number of unbranched alkanes of at least 4 members (excludes halogenated alkanes) is 2. The molecule has 25 nitrogen and oxygen atoms in total. The molecule has 0 saturated carbocycles. The lowest BCUT2D eigenvalue weighted by Crippen LogP contribution is -2.68. The number of methoxy groups -OCH3 is 1. The summed E-state index contributed by atoms with van der Waals surface area (Å²) in [6, 6.07) is 43.3. The number of esters is 6. The summed E-state index contributed by atoms with van der Waals surface area (Å²) in [4.78, 5) is 81.7. The minimum absolute atomic E-state index is 0.0121. The van der Waals surface area contributed by atoms with Crippen molar-refractivity contribution in [1.29, 1.82) is 0 Å². The summed E-state index contributed by atoms with van der Waals surface area (Å²) in [6.45, 7) is 3.16. The molecule has 0 radical (unpaired) electrons. The van der Waals surface area contributed by atoms with E-state index in [9.17, 15) is 34.3 Å². The third-order valence-electron chi connectivity index (χ3n) is 15.1. The van der Waals surface area contributed by atoms with Gasteiger partial charge in [0.05, 0.1) is 45.7 Å². The fourth-order valence-electron chi connectivity index (χ4n) is 10.8. The van der Waals surface area contributed by atoms with E-state index < -0.39 is 135 Å². The fraction of sp³-hybridized carbons (Fsp3) is 0.471. The Labute approximate surface area is 538 Å². The zero-order valence-electron chi connectivity index (χ0n) is 52.4. The molecule has 15 atom stereocenters. The van der Waals surface area contributed by atoms with E-state index >= 15 is 0 Å². The van der Waals surface area contributed by atoms with Gasteiger partial charge in [-0.2, -0.15) is 0 Å². The summed E-state index contributed by atoms with van der Waals surface area (Å²) >= 11 is 0. The molecular formula is C68H79N3O22. The van der Waals surface area contributed by atoms with Crippen LogP contribution in [0.2, 0.25) is 0 Å². The van der Waals surface area contributed by atoms with Gasteiger partial charge in [0.2, 0.25) is 0 Å². The molecule has 3 aliphatic rings. The van der Waals surface area contributed by atoms with Gasteiger partial charge in [-0.05, 0) is 52.8 Å². The molecule has 3 aliphatic heterocycles. The molecule has 25 heteroatoms. The SMILES string of the molecule is COC(=O)CCCCCO[C@H]1O[C@H](COC(C)=O)[C@H](OC(C)=O)[C@H](O[C@@H]2O[C@H](COCc3ccccc3)[C@H](O[C@H]3O[C@H](COC(C)=O)[C@H](OC(C)=O)[C@H](OCc4ccccc4)[C@H]3OCc3ccccc3)[C@H](OCc3ccccc3)[C@H]2OC(=O)c2ccccc2)[C@H]1N=[N+]=[N-]. The molecule has 3 heterocycles. The summed E-state index contributed by atoms with van der Waals surface area (Å²) in [5, 5.41) is 4.11. The molecule has 0 aliphatic carbocycles. The minimum atomic E-state index is -1.82. The van der Waals surface area contributed by atoms with Crippen molar-refractivity contribution < 1.29 is 105 Å². The summed E-state index contributed by atoms with van der Waals surface area (Å²) in [6.07, 6.45) is -19.1. The smallest absolute Gasteiger partial charge is 0.338 e. The first-order chi connectivity index (χ1) is 45.2.